The molecule has 0 saturated heterocycles. The highest BCUT2D eigenvalue weighted by Gasteiger charge is 2.15. The number of aliphatic hydroxyl groups is 1. The number of hydrogen-bond acceptors (Lipinski definition) is 5. The van der Waals surface area contributed by atoms with Crippen LogP contribution < -0.4 is 0 Å². The summed E-state index contributed by atoms with van der Waals surface area (Å²) in [7, 11) is 0. The summed E-state index contributed by atoms with van der Waals surface area (Å²) in [6.45, 7) is 3.90. The Morgan fingerprint density at radius 3 is 1.35 bits per heavy atom. The Hall–Kier alpha value is -3.18. The van der Waals surface area contributed by atoms with E-state index < -0.39 is 6.10 Å². The van der Waals surface area contributed by atoms with E-state index in [1.807, 2.05) is 0 Å². The highest BCUT2D eigenvalue weighted by Crippen LogP contribution is 2.08. The molecule has 5 nitrogen and oxygen atoms in total. The fraction of sp³-hybridized carbons (Fsp3) is 0.581. The van der Waals surface area contributed by atoms with Crippen molar-refractivity contribution in [3.8, 4) is 0 Å². The molecule has 0 amide bonds. The van der Waals surface area contributed by atoms with Gasteiger partial charge < -0.3 is 14.6 Å². The fourth-order valence-corrected chi connectivity index (χ4v) is 4.54. The quantitative estimate of drug-likeness (QED) is 0.0440. The smallest absolute Gasteiger partial charge is 0.306 e. The number of carbonyl (C=O) groups excluding carboxylic acids is 2. The first-order chi connectivity index (χ1) is 23.6. The van der Waals surface area contributed by atoms with Gasteiger partial charge in [-0.3, -0.25) is 9.59 Å². The largest absolute Gasteiger partial charge is 0.462 e. The Morgan fingerprint density at radius 1 is 0.500 bits per heavy atom. The van der Waals surface area contributed by atoms with Crippen LogP contribution in [-0.4, -0.2) is 36.4 Å². The van der Waals surface area contributed by atoms with Crippen LogP contribution in [0.2, 0.25) is 0 Å². The lowest BCUT2D eigenvalue weighted by Crippen LogP contribution is -2.28. The van der Waals surface area contributed by atoms with Crippen LogP contribution in [0.5, 0.6) is 0 Å². The molecule has 48 heavy (non-hydrogen) atoms. The van der Waals surface area contributed by atoms with E-state index in [1.165, 1.54) is 44.9 Å². The van der Waals surface area contributed by atoms with Crippen molar-refractivity contribution in [1.29, 1.82) is 0 Å². The Balaban J connectivity index is 3.79. The average Bonchev–Trinajstić information content (AvgIpc) is 3.09. The molecule has 0 radical (unpaired) electrons. The zero-order valence-electron chi connectivity index (χ0n) is 30.5. The molecule has 1 N–H and O–H groups in total. The van der Waals surface area contributed by atoms with Crippen LogP contribution in [0.25, 0.3) is 0 Å². The van der Waals surface area contributed by atoms with E-state index in [0.717, 1.165) is 57.8 Å². The number of carbonyl (C=O) groups is 2. The van der Waals surface area contributed by atoms with Gasteiger partial charge in [0.25, 0.3) is 0 Å². The lowest BCUT2D eigenvalue weighted by molar-refractivity contribution is -0.161. The van der Waals surface area contributed by atoms with Crippen LogP contribution in [0.1, 0.15) is 142 Å². The predicted octanol–water partition coefficient (Wildman–Crippen LogP) is 11.7. The molecule has 0 aliphatic heterocycles. The maximum Gasteiger partial charge on any atom is 0.306 e. The van der Waals surface area contributed by atoms with Gasteiger partial charge in [0.05, 0.1) is 6.61 Å². The third-order valence-electron chi connectivity index (χ3n) is 7.36. The summed E-state index contributed by atoms with van der Waals surface area (Å²) in [5.74, 6) is -0.732. The zero-order valence-corrected chi connectivity index (χ0v) is 30.5. The zero-order chi connectivity index (χ0) is 35.0. The topological polar surface area (TPSA) is 72.8 Å². The number of unbranched alkanes of at least 4 members (excludes halogenated alkanes) is 8. The molecule has 5 heteroatoms. The maximum absolute atomic E-state index is 12.1. The number of aliphatic hydroxyl groups excluding tert-OH is 1. The molecule has 0 aliphatic carbocycles. The standard InChI is InChI=1S/C43H68O5/c1-3-5-7-9-11-13-15-17-19-21-23-25-27-29-31-33-35-37-42(45)47-40-41(39-44)48-43(46)38-36-34-32-30-28-26-24-22-20-18-16-14-12-10-8-6-4-2/h5,7,11,13,17-20,23-26,29-32,41,44H,3-4,6,8-10,12,14-16,21-22,27-28,33-40H2,1-2H3/t41-/m0/s1. The molecule has 0 bridgehead atoms. The molecule has 0 unspecified atom stereocenters. The molecule has 0 aromatic heterocycles. The van der Waals surface area contributed by atoms with E-state index in [9.17, 15) is 14.7 Å². The average molecular weight is 665 g/mol. The summed E-state index contributed by atoms with van der Waals surface area (Å²) < 4.78 is 10.5. The van der Waals surface area contributed by atoms with Gasteiger partial charge in [-0.05, 0) is 83.5 Å². The first-order valence-electron chi connectivity index (χ1n) is 18.8. The summed E-state index contributed by atoms with van der Waals surface area (Å²) in [4.78, 5) is 24.2. The Morgan fingerprint density at radius 2 is 0.896 bits per heavy atom. The summed E-state index contributed by atoms with van der Waals surface area (Å²) in [6.07, 6.45) is 53.3. The molecule has 0 spiro atoms. The number of rotatable bonds is 32. The van der Waals surface area contributed by atoms with E-state index in [1.54, 1.807) is 0 Å². The van der Waals surface area contributed by atoms with Crippen LogP contribution >= 0.6 is 0 Å². The van der Waals surface area contributed by atoms with Crippen molar-refractivity contribution in [2.75, 3.05) is 13.2 Å². The lowest BCUT2D eigenvalue weighted by Gasteiger charge is -2.15. The molecular formula is C43H68O5. The number of esters is 2. The number of allylic oxidation sites excluding steroid dienone is 16. The fourth-order valence-electron chi connectivity index (χ4n) is 4.54. The highest BCUT2D eigenvalue weighted by molar-refractivity contribution is 5.70. The second-order valence-electron chi connectivity index (χ2n) is 11.9. The highest BCUT2D eigenvalue weighted by atomic mass is 16.6. The van der Waals surface area contributed by atoms with Crippen LogP contribution in [0.4, 0.5) is 0 Å². The van der Waals surface area contributed by atoms with Gasteiger partial charge in [0, 0.05) is 12.8 Å². The SMILES string of the molecule is CCC=CCC=CCC=CCC=CCC=CCCCC(=O)OC[C@H](CO)OC(=O)CCCC=CCC=CCC=CCCCCCCCC. The summed E-state index contributed by atoms with van der Waals surface area (Å²) in [6, 6.07) is 0. The van der Waals surface area contributed by atoms with Crippen molar-refractivity contribution in [1.82, 2.24) is 0 Å². The first-order valence-corrected chi connectivity index (χ1v) is 18.8. The van der Waals surface area contributed by atoms with Gasteiger partial charge >= 0.3 is 11.9 Å². The van der Waals surface area contributed by atoms with Crippen molar-refractivity contribution in [2.45, 2.75) is 148 Å². The van der Waals surface area contributed by atoms with Crippen molar-refractivity contribution in [3.05, 3.63) is 97.2 Å². The van der Waals surface area contributed by atoms with Gasteiger partial charge in [-0.25, -0.2) is 0 Å². The molecule has 0 fully saturated rings. The van der Waals surface area contributed by atoms with E-state index in [4.69, 9.17) is 9.47 Å². The molecule has 0 saturated carbocycles. The minimum absolute atomic E-state index is 0.122. The second-order valence-corrected chi connectivity index (χ2v) is 11.9. The van der Waals surface area contributed by atoms with Crippen molar-refractivity contribution < 1.29 is 24.2 Å². The van der Waals surface area contributed by atoms with Gasteiger partial charge in [0.15, 0.2) is 6.10 Å². The third kappa shape index (κ3) is 35.7. The lowest BCUT2D eigenvalue weighted by atomic mass is 10.1. The van der Waals surface area contributed by atoms with E-state index in [-0.39, 0.29) is 38.0 Å². The minimum atomic E-state index is -0.826. The van der Waals surface area contributed by atoms with E-state index in [0.29, 0.717) is 12.8 Å². The van der Waals surface area contributed by atoms with Crippen LogP contribution in [0.15, 0.2) is 97.2 Å². The summed E-state index contributed by atoms with van der Waals surface area (Å²) >= 11 is 0. The Kier molecular flexibility index (Phi) is 35.7. The van der Waals surface area contributed by atoms with Gasteiger partial charge in [-0.1, -0.05) is 143 Å². The Bertz CT molecular complexity index is 979. The second kappa shape index (κ2) is 38.3. The molecule has 0 aliphatic rings. The molecule has 0 aromatic rings. The van der Waals surface area contributed by atoms with Gasteiger partial charge in [-0.15, -0.1) is 0 Å². The molecule has 0 rings (SSSR count). The molecule has 0 aromatic carbocycles. The molecule has 0 heterocycles. The molecule has 1 atom stereocenters. The first kappa shape index (κ1) is 44.8. The van der Waals surface area contributed by atoms with Gasteiger partial charge in [-0.2, -0.15) is 0 Å². The van der Waals surface area contributed by atoms with Gasteiger partial charge in [0.1, 0.15) is 6.61 Å². The minimum Gasteiger partial charge on any atom is -0.462 e. The van der Waals surface area contributed by atoms with Crippen molar-refractivity contribution >= 4 is 11.9 Å². The number of ether oxygens (including phenoxy) is 2. The van der Waals surface area contributed by atoms with E-state index >= 15 is 0 Å². The van der Waals surface area contributed by atoms with Crippen molar-refractivity contribution in [2.24, 2.45) is 0 Å². The molecular weight excluding hydrogens is 596 g/mol. The third-order valence-corrected chi connectivity index (χ3v) is 7.36. The monoisotopic (exact) mass is 665 g/mol. The summed E-state index contributed by atoms with van der Waals surface area (Å²) in [5.41, 5.74) is 0. The molecule has 270 valence electrons. The van der Waals surface area contributed by atoms with Crippen LogP contribution in [0.3, 0.4) is 0 Å². The van der Waals surface area contributed by atoms with Gasteiger partial charge in [0.2, 0.25) is 0 Å². The maximum atomic E-state index is 12.1. The van der Waals surface area contributed by atoms with Crippen LogP contribution in [-0.2, 0) is 19.1 Å². The normalized spacial score (nSPS) is 13.3. The Labute approximate surface area is 294 Å². The van der Waals surface area contributed by atoms with Crippen molar-refractivity contribution in [3.63, 3.8) is 0 Å². The number of hydrogen-bond donors (Lipinski definition) is 1. The predicted molar refractivity (Wildman–Crippen MR) is 205 cm³/mol. The van der Waals surface area contributed by atoms with E-state index in [2.05, 4.69) is 111 Å². The van der Waals surface area contributed by atoms with Crippen LogP contribution in [0, 0.1) is 0 Å². The summed E-state index contributed by atoms with van der Waals surface area (Å²) in [5, 5.41) is 9.53.